The normalized spacial score (nSPS) is 10.7. The fraction of sp³-hybridized carbons (Fsp3) is 0.545. The summed E-state index contributed by atoms with van der Waals surface area (Å²) in [7, 11) is 0. The molecule has 0 spiro atoms. The van der Waals surface area contributed by atoms with Crippen LogP contribution in [-0.4, -0.2) is 31.1 Å². The second kappa shape index (κ2) is 5.47. The van der Waals surface area contributed by atoms with Gasteiger partial charge in [0.2, 0.25) is 5.95 Å². The molecule has 0 aliphatic rings. The minimum atomic E-state index is 0.874. The van der Waals surface area contributed by atoms with Crippen molar-refractivity contribution in [3.05, 3.63) is 24.3 Å². The highest BCUT2D eigenvalue weighted by Gasteiger charge is 2.02. The average Bonchev–Trinajstić information content (AvgIpc) is 2.93. The van der Waals surface area contributed by atoms with Gasteiger partial charge in [-0.25, -0.2) is 4.98 Å². The minimum absolute atomic E-state index is 0.874. The summed E-state index contributed by atoms with van der Waals surface area (Å²) < 4.78 is 3.95. The monoisotopic (exact) mass is 234 g/mol. The van der Waals surface area contributed by atoms with Gasteiger partial charge >= 0.3 is 0 Å². The van der Waals surface area contributed by atoms with Crippen LogP contribution < -0.4 is 5.32 Å². The number of aromatic nitrogens is 5. The molecule has 0 aliphatic heterocycles. The van der Waals surface area contributed by atoms with Crippen molar-refractivity contribution >= 4 is 5.95 Å². The van der Waals surface area contributed by atoms with Crippen LogP contribution in [0.4, 0.5) is 5.95 Å². The van der Waals surface area contributed by atoms with Crippen LogP contribution in [0.5, 0.6) is 0 Å². The van der Waals surface area contributed by atoms with Gasteiger partial charge in [0.1, 0.15) is 0 Å². The van der Waals surface area contributed by atoms with Gasteiger partial charge in [0.05, 0.1) is 11.9 Å². The fourth-order valence-corrected chi connectivity index (χ4v) is 1.72. The van der Waals surface area contributed by atoms with Gasteiger partial charge in [-0.1, -0.05) is 5.21 Å². The first-order valence-corrected chi connectivity index (χ1v) is 5.91. The van der Waals surface area contributed by atoms with E-state index in [1.165, 1.54) is 0 Å². The highest BCUT2D eigenvalue weighted by Crippen LogP contribution is 2.07. The summed E-state index contributed by atoms with van der Waals surface area (Å²) in [5, 5.41) is 11.0. The molecule has 17 heavy (non-hydrogen) atoms. The Bertz CT molecular complexity index is 444. The largest absolute Gasteiger partial charge is 0.356 e. The fourth-order valence-electron chi connectivity index (χ4n) is 1.72. The Kier molecular flexibility index (Phi) is 3.74. The van der Waals surface area contributed by atoms with Gasteiger partial charge in [-0.05, 0) is 20.3 Å². The van der Waals surface area contributed by atoms with Crippen LogP contribution in [0.25, 0.3) is 0 Å². The standard InChI is InChI=1S/C11H18N6/c1-3-16-9-10(2)14-11(16)12-5-4-7-17-8-6-13-15-17/h6,8-9H,3-5,7H2,1-2H3,(H,12,14). The van der Waals surface area contributed by atoms with Gasteiger partial charge < -0.3 is 9.88 Å². The molecule has 0 radical (unpaired) electrons. The van der Waals surface area contributed by atoms with Crippen molar-refractivity contribution in [3.63, 3.8) is 0 Å². The van der Waals surface area contributed by atoms with Crippen molar-refractivity contribution in [1.29, 1.82) is 0 Å². The lowest BCUT2D eigenvalue weighted by atomic mass is 10.4. The predicted molar refractivity (Wildman–Crippen MR) is 65.8 cm³/mol. The highest BCUT2D eigenvalue weighted by atomic mass is 15.4. The molecule has 2 rings (SSSR count). The molecule has 92 valence electrons. The van der Waals surface area contributed by atoms with Gasteiger partial charge in [0.15, 0.2) is 0 Å². The predicted octanol–water partition coefficient (Wildman–Crippen LogP) is 1.31. The summed E-state index contributed by atoms with van der Waals surface area (Å²) in [5.41, 5.74) is 1.05. The zero-order chi connectivity index (χ0) is 12.1. The average molecular weight is 234 g/mol. The molecule has 0 bridgehead atoms. The second-order valence-corrected chi connectivity index (χ2v) is 3.94. The van der Waals surface area contributed by atoms with Crippen LogP contribution in [0.3, 0.4) is 0 Å². The maximum atomic E-state index is 4.43. The van der Waals surface area contributed by atoms with Crippen molar-refractivity contribution in [1.82, 2.24) is 24.5 Å². The first-order valence-electron chi connectivity index (χ1n) is 5.91. The molecule has 6 nitrogen and oxygen atoms in total. The third-order valence-electron chi connectivity index (χ3n) is 2.56. The molecule has 0 unspecified atom stereocenters. The number of rotatable bonds is 6. The number of nitrogens with zero attached hydrogens (tertiary/aromatic N) is 5. The molecule has 0 fully saturated rings. The van der Waals surface area contributed by atoms with E-state index in [4.69, 9.17) is 0 Å². The molecule has 0 aliphatic carbocycles. The Balaban J connectivity index is 1.77. The maximum Gasteiger partial charge on any atom is 0.203 e. The molecule has 0 atom stereocenters. The SMILES string of the molecule is CCn1cc(C)nc1NCCCn1ccnn1. The van der Waals surface area contributed by atoms with E-state index in [9.17, 15) is 0 Å². The molecule has 0 saturated heterocycles. The van der Waals surface area contributed by atoms with Crippen molar-refractivity contribution in [2.45, 2.75) is 33.4 Å². The Labute approximate surface area is 101 Å². The van der Waals surface area contributed by atoms with Crippen LogP contribution in [-0.2, 0) is 13.1 Å². The number of anilines is 1. The lowest BCUT2D eigenvalue weighted by Crippen LogP contribution is -2.10. The number of nitrogens with one attached hydrogen (secondary N) is 1. The molecular weight excluding hydrogens is 216 g/mol. The molecule has 2 aromatic heterocycles. The molecule has 2 aromatic rings. The number of hydrogen-bond donors (Lipinski definition) is 1. The van der Waals surface area contributed by atoms with Gasteiger partial charge in [0, 0.05) is 32.0 Å². The minimum Gasteiger partial charge on any atom is -0.356 e. The summed E-state index contributed by atoms with van der Waals surface area (Å²) in [6, 6.07) is 0. The number of aryl methyl sites for hydroxylation is 3. The topological polar surface area (TPSA) is 60.6 Å². The first-order chi connectivity index (χ1) is 8.29. The lowest BCUT2D eigenvalue weighted by molar-refractivity contribution is 0.568. The van der Waals surface area contributed by atoms with E-state index in [1.807, 2.05) is 17.8 Å². The molecule has 2 heterocycles. The van der Waals surface area contributed by atoms with E-state index in [2.05, 4.69) is 38.3 Å². The van der Waals surface area contributed by atoms with Gasteiger partial charge in [-0.3, -0.25) is 4.68 Å². The van der Waals surface area contributed by atoms with E-state index >= 15 is 0 Å². The third-order valence-corrected chi connectivity index (χ3v) is 2.56. The second-order valence-electron chi connectivity index (χ2n) is 3.94. The van der Waals surface area contributed by atoms with Crippen LogP contribution in [0.1, 0.15) is 19.0 Å². The Morgan fingerprint density at radius 1 is 1.41 bits per heavy atom. The van der Waals surface area contributed by atoms with Gasteiger partial charge in [-0.2, -0.15) is 0 Å². The maximum absolute atomic E-state index is 4.43. The molecular formula is C11H18N6. The molecule has 1 N–H and O–H groups in total. The lowest BCUT2D eigenvalue weighted by Gasteiger charge is -2.07. The third kappa shape index (κ3) is 3.05. The molecule has 0 amide bonds. The number of hydrogen-bond acceptors (Lipinski definition) is 4. The van der Waals surface area contributed by atoms with Crippen LogP contribution in [0.2, 0.25) is 0 Å². The van der Waals surface area contributed by atoms with Crippen molar-refractivity contribution < 1.29 is 0 Å². The quantitative estimate of drug-likeness (QED) is 0.765. The Morgan fingerprint density at radius 3 is 3.00 bits per heavy atom. The van der Waals surface area contributed by atoms with E-state index < -0.39 is 0 Å². The molecule has 0 saturated carbocycles. The Hall–Kier alpha value is -1.85. The van der Waals surface area contributed by atoms with E-state index in [0.717, 1.165) is 37.7 Å². The number of imidazole rings is 1. The summed E-state index contributed by atoms with van der Waals surface area (Å²) in [5.74, 6) is 0.948. The Morgan fingerprint density at radius 2 is 2.29 bits per heavy atom. The van der Waals surface area contributed by atoms with E-state index in [0.29, 0.717) is 0 Å². The zero-order valence-corrected chi connectivity index (χ0v) is 10.3. The smallest absolute Gasteiger partial charge is 0.203 e. The van der Waals surface area contributed by atoms with E-state index in [1.54, 1.807) is 6.20 Å². The highest BCUT2D eigenvalue weighted by molar-refractivity contribution is 5.28. The van der Waals surface area contributed by atoms with Gasteiger partial charge in [-0.15, -0.1) is 5.10 Å². The summed E-state index contributed by atoms with van der Waals surface area (Å²) in [6.45, 7) is 6.82. The molecule has 0 aromatic carbocycles. The van der Waals surface area contributed by atoms with Gasteiger partial charge in [0.25, 0.3) is 0 Å². The van der Waals surface area contributed by atoms with Crippen molar-refractivity contribution in [2.75, 3.05) is 11.9 Å². The van der Waals surface area contributed by atoms with Crippen LogP contribution in [0, 0.1) is 6.92 Å². The first kappa shape index (κ1) is 11.6. The van der Waals surface area contributed by atoms with Crippen molar-refractivity contribution in [3.8, 4) is 0 Å². The van der Waals surface area contributed by atoms with Crippen LogP contribution in [0.15, 0.2) is 18.6 Å². The van der Waals surface area contributed by atoms with E-state index in [-0.39, 0.29) is 0 Å². The molecule has 6 heteroatoms. The summed E-state index contributed by atoms with van der Waals surface area (Å²) in [4.78, 5) is 4.43. The van der Waals surface area contributed by atoms with Crippen LogP contribution >= 0.6 is 0 Å². The van der Waals surface area contributed by atoms with Crippen molar-refractivity contribution in [2.24, 2.45) is 0 Å². The zero-order valence-electron chi connectivity index (χ0n) is 10.3. The summed E-state index contributed by atoms with van der Waals surface area (Å²) in [6.07, 6.45) is 6.62. The summed E-state index contributed by atoms with van der Waals surface area (Å²) >= 11 is 0.